The van der Waals surface area contributed by atoms with Crippen molar-refractivity contribution in [1.82, 2.24) is 4.98 Å². The zero-order chi connectivity index (χ0) is 18.0. The minimum absolute atomic E-state index is 0.320. The summed E-state index contributed by atoms with van der Waals surface area (Å²) in [5.74, 6) is 0.376. The van der Waals surface area contributed by atoms with E-state index >= 15 is 0 Å². The maximum atomic E-state index is 9.74. The fourth-order valence-corrected chi connectivity index (χ4v) is 2.99. The van der Waals surface area contributed by atoms with E-state index in [4.69, 9.17) is 9.47 Å². The smallest absolute Gasteiger partial charge is 0.232 e. The topological polar surface area (TPSA) is 55.1 Å². The first kappa shape index (κ1) is 17.2. The average Bonchev–Trinajstić information content (AvgIpc) is 2.58. The number of aromatic nitrogens is 1. The van der Waals surface area contributed by atoms with Crippen LogP contribution in [-0.4, -0.2) is 17.2 Å². The fraction of sp³-hybridized carbons (Fsp3) is 0.333. The Labute approximate surface area is 148 Å². The third-order valence-corrected chi connectivity index (χ3v) is 4.20. The molecule has 0 saturated heterocycles. The predicted molar refractivity (Wildman–Crippen MR) is 97.3 cm³/mol. The minimum Gasteiger partial charge on any atom is -0.472 e. The quantitative estimate of drug-likeness (QED) is 0.776. The van der Waals surface area contributed by atoms with Gasteiger partial charge in [0.15, 0.2) is 0 Å². The van der Waals surface area contributed by atoms with E-state index in [1.54, 1.807) is 0 Å². The summed E-state index contributed by atoms with van der Waals surface area (Å²) < 4.78 is 11.8. The Hall–Kier alpha value is -2.64. The molecule has 1 aromatic carbocycles. The van der Waals surface area contributed by atoms with E-state index in [1.807, 2.05) is 51.1 Å². The maximum absolute atomic E-state index is 9.74. The lowest BCUT2D eigenvalue weighted by Gasteiger charge is -2.33. The van der Waals surface area contributed by atoms with E-state index < -0.39 is 0 Å². The number of rotatable bonds is 4. The Morgan fingerprint density at radius 3 is 2.68 bits per heavy atom. The number of hydrogen-bond donors (Lipinski definition) is 0. The van der Waals surface area contributed by atoms with E-state index in [-0.39, 0.29) is 5.60 Å². The maximum Gasteiger partial charge on any atom is 0.232 e. The van der Waals surface area contributed by atoms with Gasteiger partial charge in [-0.3, -0.25) is 0 Å². The summed E-state index contributed by atoms with van der Waals surface area (Å²) in [6, 6.07) is 12.2. The second-order valence-corrected chi connectivity index (χ2v) is 7.05. The van der Waals surface area contributed by atoms with Gasteiger partial charge >= 0.3 is 0 Å². The van der Waals surface area contributed by atoms with E-state index in [0.717, 1.165) is 28.0 Å². The lowest BCUT2D eigenvalue weighted by molar-refractivity contribution is -0.0401. The molecule has 2 aromatic rings. The highest BCUT2D eigenvalue weighted by molar-refractivity contribution is 5.68. The first-order valence-corrected chi connectivity index (χ1v) is 8.33. The molecule has 0 atom stereocenters. The van der Waals surface area contributed by atoms with E-state index in [0.29, 0.717) is 31.1 Å². The number of nitrogens with zero attached hydrogens (tertiary/aromatic N) is 2. The molecule has 2 heterocycles. The predicted octanol–water partition coefficient (Wildman–Crippen LogP) is 4.43. The first-order valence-electron chi connectivity index (χ1n) is 8.33. The summed E-state index contributed by atoms with van der Waals surface area (Å²) in [5.41, 5.74) is 4.84. The van der Waals surface area contributed by atoms with Gasteiger partial charge in [-0.2, -0.15) is 5.26 Å². The van der Waals surface area contributed by atoms with Crippen LogP contribution in [0.5, 0.6) is 5.88 Å². The summed E-state index contributed by atoms with van der Waals surface area (Å²) in [4.78, 5) is 4.68. The van der Waals surface area contributed by atoms with Crippen LogP contribution in [0.1, 0.15) is 37.5 Å². The van der Waals surface area contributed by atoms with Crippen LogP contribution in [0.3, 0.4) is 0 Å². The van der Waals surface area contributed by atoms with Gasteiger partial charge in [-0.1, -0.05) is 36.9 Å². The second-order valence-electron chi connectivity index (χ2n) is 7.05. The molecule has 1 aliphatic heterocycles. The van der Waals surface area contributed by atoms with Crippen molar-refractivity contribution in [3.05, 3.63) is 59.2 Å². The van der Waals surface area contributed by atoms with Crippen molar-refractivity contribution in [3.8, 4) is 23.2 Å². The van der Waals surface area contributed by atoms with Gasteiger partial charge in [0, 0.05) is 17.5 Å². The fourth-order valence-electron chi connectivity index (χ4n) is 2.99. The van der Waals surface area contributed by atoms with Gasteiger partial charge in [-0.05, 0) is 31.9 Å². The van der Waals surface area contributed by atoms with Crippen LogP contribution in [0.2, 0.25) is 0 Å². The molecule has 4 nitrogen and oxygen atoms in total. The summed E-state index contributed by atoms with van der Waals surface area (Å²) in [6.45, 7) is 10.6. The number of fused-ring (bicyclic) bond motifs is 1. The highest BCUT2D eigenvalue weighted by atomic mass is 16.5. The molecule has 0 saturated carbocycles. The molecule has 0 spiro atoms. The van der Waals surface area contributed by atoms with Crippen molar-refractivity contribution in [2.75, 3.05) is 6.61 Å². The molecule has 0 unspecified atom stereocenters. The number of nitriles is 1. The third kappa shape index (κ3) is 3.57. The molecule has 0 fully saturated rings. The van der Waals surface area contributed by atoms with Crippen molar-refractivity contribution < 1.29 is 9.47 Å². The van der Waals surface area contributed by atoms with Gasteiger partial charge < -0.3 is 9.47 Å². The van der Waals surface area contributed by atoms with Crippen LogP contribution in [-0.2, 0) is 17.8 Å². The summed E-state index contributed by atoms with van der Waals surface area (Å²) in [7, 11) is 0. The van der Waals surface area contributed by atoms with Crippen LogP contribution < -0.4 is 4.74 Å². The Kier molecular flexibility index (Phi) is 4.61. The van der Waals surface area contributed by atoms with Crippen molar-refractivity contribution in [3.63, 3.8) is 0 Å². The second kappa shape index (κ2) is 6.70. The molecule has 1 aromatic heterocycles. The molecule has 1 aliphatic rings. The third-order valence-electron chi connectivity index (χ3n) is 4.20. The highest BCUT2D eigenvalue weighted by Crippen LogP contribution is 2.38. The van der Waals surface area contributed by atoms with E-state index in [1.165, 1.54) is 0 Å². The van der Waals surface area contributed by atoms with Gasteiger partial charge in [0.25, 0.3) is 0 Å². The number of ether oxygens (including phenoxy) is 2. The Morgan fingerprint density at radius 1 is 1.32 bits per heavy atom. The van der Waals surface area contributed by atoms with Gasteiger partial charge in [0.05, 0.1) is 17.9 Å². The van der Waals surface area contributed by atoms with Gasteiger partial charge in [0.2, 0.25) is 5.88 Å². The molecule has 0 aliphatic carbocycles. The lowest BCUT2D eigenvalue weighted by atomic mass is 9.87. The Bertz CT molecular complexity index is 848. The molecule has 0 N–H and O–H groups in total. The Balaban J connectivity index is 2.20. The zero-order valence-corrected chi connectivity index (χ0v) is 14.9. The minimum atomic E-state index is -0.320. The van der Waals surface area contributed by atoms with Crippen molar-refractivity contribution >= 4 is 0 Å². The molecular weight excluding hydrogens is 312 g/mol. The molecule has 4 heteroatoms. The SMILES string of the molecule is C=C(C)COc1nc(-c2ccccc2)c2c(c1C#N)CC(C)(C)OC2. The van der Waals surface area contributed by atoms with Crippen LogP contribution in [0, 0.1) is 11.3 Å². The van der Waals surface area contributed by atoms with Crippen molar-refractivity contribution in [2.45, 2.75) is 39.4 Å². The van der Waals surface area contributed by atoms with Crippen LogP contribution >= 0.6 is 0 Å². The molecule has 0 bridgehead atoms. The van der Waals surface area contributed by atoms with Crippen molar-refractivity contribution in [1.29, 1.82) is 5.26 Å². The largest absolute Gasteiger partial charge is 0.472 e. The molecule has 3 rings (SSSR count). The van der Waals surface area contributed by atoms with Gasteiger partial charge in [0.1, 0.15) is 18.2 Å². The van der Waals surface area contributed by atoms with E-state index in [2.05, 4.69) is 17.6 Å². The monoisotopic (exact) mass is 334 g/mol. The molecule has 0 amide bonds. The normalized spacial score (nSPS) is 15.1. The van der Waals surface area contributed by atoms with Crippen LogP contribution in [0.25, 0.3) is 11.3 Å². The molecule has 0 radical (unpaired) electrons. The van der Waals surface area contributed by atoms with Crippen LogP contribution in [0.4, 0.5) is 0 Å². The Morgan fingerprint density at radius 2 is 2.04 bits per heavy atom. The molecular formula is C21H22N2O2. The molecule has 128 valence electrons. The molecule has 25 heavy (non-hydrogen) atoms. The summed E-state index contributed by atoms with van der Waals surface area (Å²) >= 11 is 0. The number of hydrogen-bond acceptors (Lipinski definition) is 4. The first-order chi connectivity index (χ1) is 11.9. The summed E-state index contributed by atoms with van der Waals surface area (Å²) in [5, 5.41) is 9.74. The van der Waals surface area contributed by atoms with Crippen molar-refractivity contribution in [2.24, 2.45) is 0 Å². The van der Waals surface area contributed by atoms with Crippen LogP contribution in [0.15, 0.2) is 42.5 Å². The lowest BCUT2D eigenvalue weighted by Crippen LogP contribution is -2.33. The number of benzene rings is 1. The average molecular weight is 334 g/mol. The van der Waals surface area contributed by atoms with E-state index in [9.17, 15) is 5.26 Å². The number of pyridine rings is 1. The van der Waals surface area contributed by atoms with Gasteiger partial charge in [-0.25, -0.2) is 4.98 Å². The summed E-state index contributed by atoms with van der Waals surface area (Å²) in [6.07, 6.45) is 0.650. The highest BCUT2D eigenvalue weighted by Gasteiger charge is 2.32. The zero-order valence-electron chi connectivity index (χ0n) is 14.9. The van der Waals surface area contributed by atoms with Gasteiger partial charge in [-0.15, -0.1) is 0 Å². The standard InChI is InChI=1S/C21H22N2O2/c1-14(2)12-24-20-17(11-22)16-10-21(3,4)25-13-18(16)19(23-20)15-8-6-5-7-9-15/h5-9H,1,10,12-13H2,2-4H3.